The zero-order valence-electron chi connectivity index (χ0n) is 9.24. The van der Waals surface area contributed by atoms with Crippen LogP contribution in [0.15, 0.2) is 16.9 Å². The number of halogens is 1. The third-order valence-corrected chi connectivity index (χ3v) is 3.01. The van der Waals surface area contributed by atoms with Gasteiger partial charge in [-0.15, -0.1) is 0 Å². The molecule has 0 radical (unpaired) electrons. The van der Waals surface area contributed by atoms with Crippen molar-refractivity contribution >= 4 is 28.4 Å². The molecule has 4 nitrogen and oxygen atoms in total. The molecular formula is C11H11ClN2O2. The Labute approximate surface area is 97.0 Å². The Morgan fingerprint density at radius 2 is 1.88 bits per heavy atom. The summed E-state index contributed by atoms with van der Waals surface area (Å²) in [5.41, 5.74) is 1.68. The maximum atomic E-state index is 11.7. The van der Waals surface area contributed by atoms with Crippen molar-refractivity contribution in [1.82, 2.24) is 9.13 Å². The van der Waals surface area contributed by atoms with Crippen molar-refractivity contribution in [3.05, 3.63) is 33.2 Å². The molecule has 1 aromatic carbocycles. The van der Waals surface area contributed by atoms with Gasteiger partial charge in [0.05, 0.1) is 16.1 Å². The van der Waals surface area contributed by atoms with Crippen LogP contribution in [0, 0.1) is 0 Å². The van der Waals surface area contributed by atoms with E-state index in [4.69, 9.17) is 11.6 Å². The first-order valence-corrected chi connectivity index (χ1v) is 5.17. The first-order valence-electron chi connectivity index (χ1n) is 4.79. The smallest absolute Gasteiger partial charge is 0.295 e. The lowest BCUT2D eigenvalue weighted by Gasteiger charge is -2.01. The summed E-state index contributed by atoms with van der Waals surface area (Å²) in [7, 11) is 3.31. The molecule has 1 aromatic heterocycles. The fourth-order valence-electron chi connectivity index (χ4n) is 1.80. The number of hydrogen-bond acceptors (Lipinski definition) is 2. The largest absolute Gasteiger partial charge is 0.328 e. The highest BCUT2D eigenvalue weighted by atomic mass is 35.5. The van der Waals surface area contributed by atoms with Crippen molar-refractivity contribution < 1.29 is 4.79 Å². The summed E-state index contributed by atoms with van der Waals surface area (Å²) in [5, 5.41) is 0.419. The van der Waals surface area contributed by atoms with Crippen molar-refractivity contribution in [2.45, 2.75) is 6.92 Å². The molecule has 0 saturated carbocycles. The molecule has 1 heterocycles. The number of benzene rings is 1. The van der Waals surface area contributed by atoms with E-state index in [0.717, 1.165) is 0 Å². The molecule has 0 fully saturated rings. The van der Waals surface area contributed by atoms with Crippen LogP contribution in [-0.2, 0) is 14.1 Å². The molecule has 0 aliphatic carbocycles. The van der Waals surface area contributed by atoms with Crippen molar-refractivity contribution in [2.75, 3.05) is 0 Å². The van der Waals surface area contributed by atoms with Gasteiger partial charge in [-0.25, -0.2) is 4.79 Å². The van der Waals surface area contributed by atoms with E-state index in [9.17, 15) is 9.59 Å². The van der Waals surface area contributed by atoms with Crippen molar-refractivity contribution in [2.24, 2.45) is 14.1 Å². The summed E-state index contributed by atoms with van der Waals surface area (Å²) in [5.74, 6) is -0.0693. The second-order valence-electron chi connectivity index (χ2n) is 3.78. The number of carbonyl (C=O) groups is 1. The zero-order valence-corrected chi connectivity index (χ0v) is 10.00. The van der Waals surface area contributed by atoms with Gasteiger partial charge in [0.25, 0.3) is 0 Å². The zero-order chi connectivity index (χ0) is 12.0. The van der Waals surface area contributed by atoms with Crippen LogP contribution in [0.4, 0.5) is 0 Å². The predicted octanol–water partition coefficient (Wildman–Crippen LogP) is 1.73. The molecule has 0 amide bonds. The topological polar surface area (TPSA) is 44.0 Å². The van der Waals surface area contributed by atoms with Crippen LogP contribution in [0.1, 0.15) is 17.3 Å². The number of aryl methyl sites for hydroxylation is 2. The number of ketones is 1. The molecule has 0 bridgehead atoms. The second-order valence-corrected chi connectivity index (χ2v) is 4.19. The maximum absolute atomic E-state index is 11.7. The number of carbonyl (C=O) groups excluding carboxylic acids is 1. The molecule has 0 aliphatic heterocycles. The molecule has 0 atom stereocenters. The van der Waals surface area contributed by atoms with Crippen LogP contribution in [0.5, 0.6) is 0 Å². The minimum absolute atomic E-state index is 0.0693. The molecular weight excluding hydrogens is 228 g/mol. The van der Waals surface area contributed by atoms with Crippen LogP contribution in [-0.4, -0.2) is 14.9 Å². The third kappa shape index (κ3) is 1.38. The molecule has 16 heavy (non-hydrogen) atoms. The summed E-state index contributed by atoms with van der Waals surface area (Å²) in [6, 6.07) is 3.27. The maximum Gasteiger partial charge on any atom is 0.328 e. The molecule has 0 N–H and O–H groups in total. The van der Waals surface area contributed by atoms with Crippen LogP contribution in [0.25, 0.3) is 11.0 Å². The Morgan fingerprint density at radius 3 is 2.44 bits per heavy atom. The monoisotopic (exact) mass is 238 g/mol. The van der Waals surface area contributed by atoms with E-state index in [1.807, 2.05) is 0 Å². The second kappa shape index (κ2) is 3.49. The van der Waals surface area contributed by atoms with Gasteiger partial charge in [-0.3, -0.25) is 13.9 Å². The van der Waals surface area contributed by atoms with E-state index >= 15 is 0 Å². The average molecular weight is 239 g/mol. The third-order valence-electron chi connectivity index (χ3n) is 2.72. The summed E-state index contributed by atoms with van der Waals surface area (Å²) in [4.78, 5) is 23.0. The molecule has 0 spiro atoms. The molecule has 2 rings (SSSR count). The van der Waals surface area contributed by atoms with E-state index in [-0.39, 0.29) is 11.5 Å². The number of nitrogens with zero attached hydrogens (tertiary/aromatic N) is 2. The van der Waals surface area contributed by atoms with E-state index in [0.29, 0.717) is 21.6 Å². The standard InChI is InChI=1S/C11H11ClN2O2/c1-6(15)7-4-8(12)10-9(5-7)13(2)11(16)14(10)3/h4-5H,1-3H3. The summed E-state index contributed by atoms with van der Waals surface area (Å²) in [6.45, 7) is 1.47. The first kappa shape index (κ1) is 11.0. The summed E-state index contributed by atoms with van der Waals surface area (Å²) < 4.78 is 2.95. The Bertz CT molecular complexity index is 652. The lowest BCUT2D eigenvalue weighted by atomic mass is 10.1. The predicted molar refractivity (Wildman–Crippen MR) is 63.2 cm³/mol. The van der Waals surface area contributed by atoms with Gasteiger partial charge in [0.15, 0.2) is 5.78 Å². The van der Waals surface area contributed by atoms with Crippen LogP contribution in [0.2, 0.25) is 5.02 Å². The van der Waals surface area contributed by atoms with Gasteiger partial charge in [0.2, 0.25) is 0 Å². The normalized spacial score (nSPS) is 11.0. The Hall–Kier alpha value is -1.55. The Kier molecular flexibility index (Phi) is 2.39. The number of hydrogen-bond donors (Lipinski definition) is 0. The molecule has 2 aromatic rings. The number of rotatable bonds is 1. The number of Topliss-reactive ketones (excluding diaryl/α,β-unsaturated/α-hetero) is 1. The molecule has 0 aliphatic rings. The van der Waals surface area contributed by atoms with E-state index < -0.39 is 0 Å². The molecule has 0 saturated heterocycles. The summed E-state index contributed by atoms with van der Waals surface area (Å²) >= 11 is 6.07. The average Bonchev–Trinajstić information content (AvgIpc) is 2.44. The minimum Gasteiger partial charge on any atom is -0.295 e. The fourth-order valence-corrected chi connectivity index (χ4v) is 2.14. The molecule has 84 valence electrons. The van der Waals surface area contributed by atoms with Gasteiger partial charge >= 0.3 is 5.69 Å². The van der Waals surface area contributed by atoms with Crippen molar-refractivity contribution in [3.8, 4) is 0 Å². The van der Waals surface area contributed by atoms with Gasteiger partial charge in [0.1, 0.15) is 0 Å². The number of fused-ring (bicyclic) bond motifs is 1. The molecule has 0 unspecified atom stereocenters. The van der Waals surface area contributed by atoms with E-state index in [1.165, 1.54) is 16.1 Å². The Balaban J connectivity index is 2.99. The minimum atomic E-state index is -0.155. The molecule has 5 heteroatoms. The SMILES string of the molecule is CC(=O)c1cc(Cl)c2c(c1)n(C)c(=O)n2C. The van der Waals surface area contributed by atoms with Gasteiger partial charge in [-0.05, 0) is 19.1 Å². The highest BCUT2D eigenvalue weighted by Crippen LogP contribution is 2.24. The first-order chi connectivity index (χ1) is 7.43. The van der Waals surface area contributed by atoms with Crippen LogP contribution >= 0.6 is 11.6 Å². The van der Waals surface area contributed by atoms with Crippen molar-refractivity contribution in [3.63, 3.8) is 0 Å². The lowest BCUT2D eigenvalue weighted by Crippen LogP contribution is -2.19. The van der Waals surface area contributed by atoms with Gasteiger partial charge < -0.3 is 0 Å². The number of aromatic nitrogens is 2. The van der Waals surface area contributed by atoms with Gasteiger partial charge in [-0.2, -0.15) is 0 Å². The van der Waals surface area contributed by atoms with Crippen LogP contribution < -0.4 is 5.69 Å². The highest BCUT2D eigenvalue weighted by Gasteiger charge is 2.13. The van der Waals surface area contributed by atoms with E-state index in [1.54, 1.807) is 26.2 Å². The quantitative estimate of drug-likeness (QED) is 0.711. The van der Waals surface area contributed by atoms with E-state index in [2.05, 4.69) is 0 Å². The summed E-state index contributed by atoms with van der Waals surface area (Å²) in [6.07, 6.45) is 0. The Morgan fingerprint density at radius 1 is 1.25 bits per heavy atom. The lowest BCUT2D eigenvalue weighted by molar-refractivity contribution is 0.101. The number of imidazole rings is 1. The van der Waals surface area contributed by atoms with Crippen molar-refractivity contribution in [1.29, 1.82) is 0 Å². The fraction of sp³-hybridized carbons (Fsp3) is 0.273. The van der Waals surface area contributed by atoms with Gasteiger partial charge in [0, 0.05) is 19.7 Å². The van der Waals surface area contributed by atoms with Crippen LogP contribution in [0.3, 0.4) is 0 Å². The van der Waals surface area contributed by atoms with Gasteiger partial charge in [-0.1, -0.05) is 11.6 Å². The highest BCUT2D eigenvalue weighted by molar-refractivity contribution is 6.35.